The number of rotatable bonds is 5. The maximum Gasteiger partial charge on any atom is 0.284 e. The van der Waals surface area contributed by atoms with Crippen molar-refractivity contribution in [2.24, 2.45) is 21.6 Å². The zero-order chi connectivity index (χ0) is 20.7. The minimum Gasteiger partial charge on any atom is -0.362 e. The van der Waals surface area contributed by atoms with E-state index in [1.807, 2.05) is 25.8 Å². The predicted octanol–water partition coefficient (Wildman–Crippen LogP) is 3.68. The molecule has 2 fully saturated rings. The van der Waals surface area contributed by atoms with E-state index in [0.717, 1.165) is 13.0 Å². The molecule has 1 saturated heterocycles. The fourth-order valence-corrected chi connectivity index (χ4v) is 5.04. The van der Waals surface area contributed by atoms with E-state index in [1.165, 1.54) is 17.7 Å². The highest BCUT2D eigenvalue weighted by molar-refractivity contribution is 7.90. The largest absolute Gasteiger partial charge is 0.362 e. The summed E-state index contributed by atoms with van der Waals surface area (Å²) in [5.41, 5.74) is 1.58. The molecule has 1 saturated carbocycles. The Labute approximate surface area is 167 Å². The van der Waals surface area contributed by atoms with Crippen LogP contribution in [0.4, 0.5) is 5.69 Å². The van der Waals surface area contributed by atoms with Gasteiger partial charge in [0.05, 0.1) is 10.8 Å². The van der Waals surface area contributed by atoms with Crippen LogP contribution in [0.3, 0.4) is 0 Å². The summed E-state index contributed by atoms with van der Waals surface area (Å²) in [6, 6.07) is 6.33. The summed E-state index contributed by atoms with van der Waals surface area (Å²) in [5, 5.41) is 2.89. The molecule has 3 rings (SSSR count). The number of carbonyl (C=O) groups is 1. The van der Waals surface area contributed by atoms with Crippen molar-refractivity contribution in [3.8, 4) is 0 Å². The van der Waals surface area contributed by atoms with Crippen molar-refractivity contribution in [2.75, 3.05) is 18.9 Å². The zero-order valence-electron chi connectivity index (χ0n) is 17.2. The van der Waals surface area contributed by atoms with Crippen molar-refractivity contribution in [3.63, 3.8) is 0 Å². The first-order valence-electron chi connectivity index (χ1n) is 9.63. The highest BCUT2D eigenvalue weighted by Gasteiger charge is 2.60. The van der Waals surface area contributed by atoms with Gasteiger partial charge in [0.1, 0.15) is 5.84 Å². The smallest absolute Gasteiger partial charge is 0.284 e. The van der Waals surface area contributed by atoms with Crippen LogP contribution in [0, 0.1) is 17.3 Å². The number of hydrogen-bond acceptors (Lipinski definition) is 3. The lowest BCUT2D eigenvalue weighted by atomic mass is 10.1. The molecule has 2 atom stereocenters. The fourth-order valence-electron chi connectivity index (χ4n) is 3.90. The number of allylic oxidation sites excluding steroid dienone is 2. The Morgan fingerprint density at radius 3 is 2.64 bits per heavy atom. The molecule has 0 radical (unpaired) electrons. The Morgan fingerprint density at radius 1 is 1.32 bits per heavy atom. The number of carbonyl (C=O) groups excluding carboxylic acids is 1. The lowest BCUT2D eigenvalue weighted by Gasteiger charge is -2.11. The van der Waals surface area contributed by atoms with Crippen LogP contribution in [-0.4, -0.2) is 38.7 Å². The first kappa shape index (κ1) is 20.6. The van der Waals surface area contributed by atoms with Gasteiger partial charge >= 0.3 is 0 Å². The second-order valence-corrected chi connectivity index (χ2v) is 10.2. The molecule has 1 aromatic rings. The van der Waals surface area contributed by atoms with E-state index < -0.39 is 10.0 Å². The Balaban J connectivity index is 1.77. The van der Waals surface area contributed by atoms with Gasteiger partial charge in [-0.05, 0) is 49.8 Å². The third-order valence-corrected chi connectivity index (χ3v) is 6.97. The van der Waals surface area contributed by atoms with Crippen LogP contribution in [0.1, 0.15) is 40.5 Å². The van der Waals surface area contributed by atoms with Crippen molar-refractivity contribution in [1.29, 1.82) is 0 Å². The molecule has 1 aliphatic carbocycles. The highest BCUT2D eigenvalue weighted by Crippen LogP contribution is 2.59. The zero-order valence-corrected chi connectivity index (χ0v) is 18.0. The molecule has 1 aromatic carbocycles. The van der Waals surface area contributed by atoms with Gasteiger partial charge < -0.3 is 10.2 Å². The number of likely N-dealkylation sites (tertiary alicyclic amines) is 1. The fraction of sp³-hybridized carbons (Fsp3) is 0.524. The lowest BCUT2D eigenvalue weighted by molar-refractivity contribution is -0.118. The molecule has 0 spiro atoms. The summed E-state index contributed by atoms with van der Waals surface area (Å²) in [4.78, 5) is 14.7. The highest BCUT2D eigenvalue weighted by atomic mass is 32.2. The van der Waals surface area contributed by atoms with Crippen molar-refractivity contribution in [2.45, 2.75) is 45.4 Å². The number of anilines is 1. The lowest BCUT2D eigenvalue weighted by Crippen LogP contribution is -2.20. The quantitative estimate of drug-likeness (QED) is 0.761. The maximum absolute atomic E-state index is 12.7. The molecule has 0 bridgehead atoms. The maximum atomic E-state index is 12.7. The summed E-state index contributed by atoms with van der Waals surface area (Å²) in [7, 11) is -1.96. The summed E-state index contributed by atoms with van der Waals surface area (Å²) in [6.45, 7) is 9.03. The van der Waals surface area contributed by atoms with Crippen LogP contribution < -0.4 is 5.32 Å². The van der Waals surface area contributed by atoms with E-state index in [0.29, 0.717) is 17.9 Å². The molecule has 152 valence electrons. The van der Waals surface area contributed by atoms with Crippen molar-refractivity contribution >= 4 is 27.5 Å². The molecule has 6 nitrogen and oxygen atoms in total. The van der Waals surface area contributed by atoms with Crippen LogP contribution in [0.25, 0.3) is 0 Å². The molecular formula is C21H29N3O3S. The van der Waals surface area contributed by atoms with Gasteiger partial charge in [0.25, 0.3) is 10.0 Å². The number of benzene rings is 1. The van der Waals surface area contributed by atoms with Gasteiger partial charge in [0, 0.05) is 25.7 Å². The standard InChI is InChI=1S/C21H29N3O3S/c1-14(2)12-17-19(21(17,3)4)20(25)22-15-8-6-9-16(13-15)28(26,27)23-18-10-7-11-24(18)5/h6,8-9,12-13,17,19H,7,10-11H2,1-5H3,(H,22,25). The molecule has 1 N–H and O–H groups in total. The Morgan fingerprint density at radius 2 is 2.04 bits per heavy atom. The molecular weight excluding hydrogens is 374 g/mol. The minimum atomic E-state index is -3.80. The molecule has 1 heterocycles. The average Bonchev–Trinajstić information content (AvgIpc) is 2.90. The monoisotopic (exact) mass is 403 g/mol. The molecule has 2 unspecified atom stereocenters. The van der Waals surface area contributed by atoms with E-state index in [1.54, 1.807) is 12.1 Å². The SMILES string of the molecule is CC(C)=CC1C(C(=O)Nc2cccc(S(=O)(=O)N=C3CCCN3C)c2)C1(C)C. The topological polar surface area (TPSA) is 78.8 Å². The third-order valence-electron chi connectivity index (χ3n) is 5.67. The second-order valence-electron chi connectivity index (χ2n) is 8.59. The predicted molar refractivity (Wildman–Crippen MR) is 112 cm³/mol. The molecule has 28 heavy (non-hydrogen) atoms. The number of nitrogens with zero attached hydrogens (tertiary/aromatic N) is 2. The van der Waals surface area contributed by atoms with Crippen molar-refractivity contribution in [1.82, 2.24) is 4.90 Å². The van der Waals surface area contributed by atoms with Crippen LogP contribution in [0.15, 0.2) is 45.2 Å². The van der Waals surface area contributed by atoms with Crippen LogP contribution in [-0.2, 0) is 14.8 Å². The first-order valence-corrected chi connectivity index (χ1v) is 11.1. The molecule has 2 aliphatic rings. The summed E-state index contributed by atoms with van der Waals surface area (Å²) in [6.07, 6.45) is 3.71. The van der Waals surface area contributed by atoms with Gasteiger partial charge in [-0.3, -0.25) is 4.79 Å². The number of amidine groups is 1. The first-order chi connectivity index (χ1) is 13.0. The van der Waals surface area contributed by atoms with E-state index in [2.05, 4.69) is 29.6 Å². The Hall–Kier alpha value is -2.15. The summed E-state index contributed by atoms with van der Waals surface area (Å²) in [5.74, 6) is 0.589. The van der Waals surface area contributed by atoms with E-state index in [4.69, 9.17) is 0 Å². The average molecular weight is 404 g/mol. The van der Waals surface area contributed by atoms with Crippen LogP contribution >= 0.6 is 0 Å². The minimum absolute atomic E-state index is 0.0797. The van der Waals surface area contributed by atoms with Gasteiger partial charge in [-0.1, -0.05) is 31.6 Å². The third kappa shape index (κ3) is 4.14. The molecule has 1 aliphatic heterocycles. The van der Waals surface area contributed by atoms with E-state index in [-0.39, 0.29) is 28.1 Å². The van der Waals surface area contributed by atoms with Crippen molar-refractivity contribution < 1.29 is 13.2 Å². The second kappa shape index (κ2) is 7.35. The van der Waals surface area contributed by atoms with E-state index >= 15 is 0 Å². The van der Waals surface area contributed by atoms with Gasteiger partial charge in [-0.2, -0.15) is 8.42 Å². The van der Waals surface area contributed by atoms with Gasteiger partial charge in [0.15, 0.2) is 0 Å². The number of sulfonamides is 1. The Kier molecular flexibility index (Phi) is 5.40. The number of amides is 1. The van der Waals surface area contributed by atoms with Crippen LogP contribution in [0.5, 0.6) is 0 Å². The molecule has 1 amide bonds. The van der Waals surface area contributed by atoms with Gasteiger partial charge in [0.2, 0.25) is 5.91 Å². The van der Waals surface area contributed by atoms with Gasteiger partial charge in [-0.15, -0.1) is 4.40 Å². The number of hydrogen-bond donors (Lipinski definition) is 1. The number of nitrogens with one attached hydrogen (secondary N) is 1. The van der Waals surface area contributed by atoms with Gasteiger partial charge in [-0.25, -0.2) is 0 Å². The van der Waals surface area contributed by atoms with Crippen LogP contribution in [0.2, 0.25) is 0 Å². The molecule has 7 heteroatoms. The van der Waals surface area contributed by atoms with E-state index in [9.17, 15) is 13.2 Å². The Bertz CT molecular complexity index is 943. The summed E-state index contributed by atoms with van der Waals surface area (Å²) < 4.78 is 29.3. The molecule has 0 aromatic heterocycles. The summed E-state index contributed by atoms with van der Waals surface area (Å²) >= 11 is 0. The van der Waals surface area contributed by atoms with Crippen molar-refractivity contribution in [3.05, 3.63) is 35.9 Å². The normalized spacial score (nSPS) is 24.9.